The average molecular weight is 228 g/mol. The quantitative estimate of drug-likeness (QED) is 0.699. The molecule has 0 amide bonds. The number of hydrogen-bond donors (Lipinski definition) is 1. The molecule has 1 aliphatic carbocycles. The van der Waals surface area contributed by atoms with Crippen molar-refractivity contribution in [3.8, 4) is 0 Å². The lowest BCUT2D eigenvalue weighted by Gasteiger charge is -2.50. The summed E-state index contributed by atoms with van der Waals surface area (Å²) in [6.45, 7) is 8.04. The molecule has 1 unspecified atom stereocenters. The first-order valence-corrected chi connectivity index (χ1v) is 9.87. The molecule has 0 spiro atoms. The van der Waals surface area contributed by atoms with Crippen LogP contribution < -0.4 is 0 Å². The van der Waals surface area contributed by atoms with Crippen LogP contribution in [-0.2, 0) is 4.74 Å². The SMILES string of the molecule is C[Si](C)(C)[C@H]1CCCC2(O)OCCC[C@H]12. The van der Waals surface area contributed by atoms with Crippen molar-refractivity contribution in [3.05, 3.63) is 0 Å². The van der Waals surface area contributed by atoms with Gasteiger partial charge >= 0.3 is 0 Å². The lowest BCUT2D eigenvalue weighted by Crippen LogP contribution is -2.53. The second-order valence-electron chi connectivity index (χ2n) is 6.31. The highest BCUT2D eigenvalue weighted by molar-refractivity contribution is 6.77. The number of rotatable bonds is 1. The van der Waals surface area contributed by atoms with Crippen LogP contribution in [0.15, 0.2) is 0 Å². The molecule has 0 radical (unpaired) electrons. The van der Waals surface area contributed by atoms with Crippen LogP contribution in [-0.4, -0.2) is 25.6 Å². The van der Waals surface area contributed by atoms with Crippen molar-refractivity contribution < 1.29 is 9.84 Å². The molecule has 3 atom stereocenters. The van der Waals surface area contributed by atoms with Crippen LogP contribution in [0, 0.1) is 5.92 Å². The largest absolute Gasteiger partial charge is 0.365 e. The van der Waals surface area contributed by atoms with E-state index in [4.69, 9.17) is 4.74 Å². The number of aliphatic hydroxyl groups is 1. The Labute approximate surface area is 94.0 Å². The van der Waals surface area contributed by atoms with Gasteiger partial charge in [-0.2, -0.15) is 0 Å². The van der Waals surface area contributed by atoms with Gasteiger partial charge in [0, 0.05) is 20.4 Å². The number of fused-ring (bicyclic) bond motifs is 1. The van der Waals surface area contributed by atoms with E-state index in [0.29, 0.717) is 5.92 Å². The lowest BCUT2D eigenvalue weighted by molar-refractivity contribution is -0.270. The van der Waals surface area contributed by atoms with E-state index in [9.17, 15) is 5.11 Å². The smallest absolute Gasteiger partial charge is 0.168 e. The molecule has 2 rings (SSSR count). The average Bonchev–Trinajstić information content (AvgIpc) is 2.14. The van der Waals surface area contributed by atoms with Gasteiger partial charge in [0.2, 0.25) is 0 Å². The Hall–Kier alpha value is 0.137. The predicted octanol–water partition coefficient (Wildman–Crippen LogP) is 2.99. The van der Waals surface area contributed by atoms with Crippen molar-refractivity contribution in [3.63, 3.8) is 0 Å². The minimum Gasteiger partial charge on any atom is -0.365 e. The van der Waals surface area contributed by atoms with Gasteiger partial charge in [0.1, 0.15) is 0 Å². The fourth-order valence-corrected chi connectivity index (χ4v) is 6.18. The highest BCUT2D eigenvalue weighted by Gasteiger charge is 2.50. The van der Waals surface area contributed by atoms with Gasteiger partial charge in [-0.3, -0.25) is 0 Å². The summed E-state index contributed by atoms with van der Waals surface area (Å²) >= 11 is 0. The van der Waals surface area contributed by atoms with E-state index < -0.39 is 13.9 Å². The van der Waals surface area contributed by atoms with Gasteiger partial charge in [0.15, 0.2) is 5.79 Å². The third kappa shape index (κ3) is 2.15. The fourth-order valence-electron chi connectivity index (χ4n) is 3.47. The van der Waals surface area contributed by atoms with Crippen molar-refractivity contribution in [2.75, 3.05) is 6.61 Å². The Kier molecular flexibility index (Phi) is 2.99. The molecular weight excluding hydrogens is 204 g/mol. The number of ether oxygens (including phenoxy) is 1. The van der Waals surface area contributed by atoms with Crippen LogP contribution in [0.5, 0.6) is 0 Å². The second kappa shape index (κ2) is 3.86. The van der Waals surface area contributed by atoms with Crippen LogP contribution in [0.25, 0.3) is 0 Å². The standard InChI is InChI=1S/C12H24O2Si/c1-15(2,3)11-7-4-8-12(13)10(11)6-5-9-14-12/h10-11,13H,4-9H2,1-3H3/t10-,11+,12?/m1/s1. The van der Waals surface area contributed by atoms with E-state index >= 15 is 0 Å². The van der Waals surface area contributed by atoms with Gasteiger partial charge in [-0.25, -0.2) is 0 Å². The van der Waals surface area contributed by atoms with Crippen molar-refractivity contribution in [2.45, 2.75) is 63.1 Å². The van der Waals surface area contributed by atoms with E-state index in [0.717, 1.165) is 31.4 Å². The highest BCUT2D eigenvalue weighted by Crippen LogP contribution is 2.50. The van der Waals surface area contributed by atoms with Crippen molar-refractivity contribution >= 4 is 8.07 Å². The fraction of sp³-hybridized carbons (Fsp3) is 1.00. The zero-order chi connectivity index (χ0) is 11.1. The Morgan fingerprint density at radius 3 is 2.60 bits per heavy atom. The zero-order valence-electron chi connectivity index (χ0n) is 10.3. The van der Waals surface area contributed by atoms with E-state index in [1.54, 1.807) is 0 Å². The molecule has 1 saturated heterocycles. The molecular formula is C12H24O2Si. The molecule has 15 heavy (non-hydrogen) atoms. The van der Waals surface area contributed by atoms with Crippen molar-refractivity contribution in [2.24, 2.45) is 5.92 Å². The maximum absolute atomic E-state index is 10.5. The molecule has 0 aromatic rings. The first-order valence-electron chi connectivity index (χ1n) is 6.30. The molecule has 88 valence electrons. The molecule has 1 N–H and O–H groups in total. The molecule has 3 heteroatoms. The van der Waals surface area contributed by atoms with Gasteiger partial charge in [-0.05, 0) is 24.8 Å². The molecule has 2 fully saturated rings. The molecule has 1 heterocycles. The minimum absolute atomic E-state index is 0.423. The summed E-state index contributed by atoms with van der Waals surface area (Å²) in [5, 5.41) is 10.5. The molecule has 0 aromatic carbocycles. The molecule has 2 aliphatic rings. The molecule has 0 bridgehead atoms. The van der Waals surface area contributed by atoms with Crippen molar-refractivity contribution in [1.29, 1.82) is 0 Å². The molecule has 0 aromatic heterocycles. The monoisotopic (exact) mass is 228 g/mol. The summed E-state index contributed by atoms with van der Waals surface area (Å²) < 4.78 is 5.67. The molecule has 1 saturated carbocycles. The summed E-state index contributed by atoms with van der Waals surface area (Å²) in [7, 11) is -1.15. The van der Waals surface area contributed by atoms with E-state index in [1.165, 1.54) is 12.8 Å². The van der Waals surface area contributed by atoms with Gasteiger partial charge < -0.3 is 9.84 Å². The van der Waals surface area contributed by atoms with Gasteiger partial charge in [-0.1, -0.05) is 26.1 Å². The Bertz CT molecular complexity index is 232. The topological polar surface area (TPSA) is 29.5 Å². The second-order valence-corrected chi connectivity index (χ2v) is 11.8. The Morgan fingerprint density at radius 2 is 1.93 bits per heavy atom. The van der Waals surface area contributed by atoms with Gasteiger partial charge in [0.25, 0.3) is 0 Å². The summed E-state index contributed by atoms with van der Waals surface area (Å²) in [5.74, 6) is -0.340. The summed E-state index contributed by atoms with van der Waals surface area (Å²) in [6, 6.07) is 0. The Morgan fingerprint density at radius 1 is 1.20 bits per heavy atom. The van der Waals surface area contributed by atoms with E-state index in [-0.39, 0.29) is 0 Å². The van der Waals surface area contributed by atoms with E-state index in [2.05, 4.69) is 19.6 Å². The summed E-state index contributed by atoms with van der Waals surface area (Å²) in [6.07, 6.45) is 5.62. The van der Waals surface area contributed by atoms with Crippen LogP contribution >= 0.6 is 0 Å². The zero-order valence-corrected chi connectivity index (χ0v) is 11.3. The minimum atomic E-state index is -1.15. The van der Waals surface area contributed by atoms with Crippen LogP contribution in [0.4, 0.5) is 0 Å². The van der Waals surface area contributed by atoms with Gasteiger partial charge in [-0.15, -0.1) is 0 Å². The predicted molar refractivity (Wildman–Crippen MR) is 64.6 cm³/mol. The maximum atomic E-state index is 10.5. The first-order chi connectivity index (χ1) is 6.93. The van der Waals surface area contributed by atoms with Gasteiger partial charge in [0.05, 0.1) is 6.61 Å². The summed E-state index contributed by atoms with van der Waals surface area (Å²) in [4.78, 5) is 0. The molecule has 2 nitrogen and oxygen atoms in total. The Balaban J connectivity index is 2.19. The highest BCUT2D eigenvalue weighted by atomic mass is 28.3. The van der Waals surface area contributed by atoms with Crippen LogP contribution in [0.1, 0.15) is 32.1 Å². The third-order valence-electron chi connectivity index (χ3n) is 4.24. The normalized spacial score (nSPS) is 42.4. The van der Waals surface area contributed by atoms with Crippen molar-refractivity contribution in [1.82, 2.24) is 0 Å². The van der Waals surface area contributed by atoms with Crippen LogP contribution in [0.2, 0.25) is 25.2 Å². The molecule has 1 aliphatic heterocycles. The summed E-state index contributed by atoms with van der Waals surface area (Å²) in [5.41, 5.74) is 0.747. The maximum Gasteiger partial charge on any atom is 0.168 e. The third-order valence-corrected chi connectivity index (χ3v) is 7.15. The van der Waals surface area contributed by atoms with E-state index in [1.807, 2.05) is 0 Å². The van der Waals surface area contributed by atoms with Crippen LogP contribution in [0.3, 0.4) is 0 Å². The first kappa shape index (κ1) is 11.6. The lowest BCUT2D eigenvalue weighted by atomic mass is 9.78. The number of hydrogen-bond acceptors (Lipinski definition) is 2.